The molecule has 3 rings (SSSR count). The van der Waals surface area contributed by atoms with Crippen LogP contribution in [0.15, 0.2) is 30.3 Å². The molecule has 0 spiro atoms. The highest BCUT2D eigenvalue weighted by Crippen LogP contribution is 2.36. The molecule has 0 aromatic heterocycles. The van der Waals surface area contributed by atoms with Gasteiger partial charge < -0.3 is 14.7 Å². The van der Waals surface area contributed by atoms with E-state index >= 15 is 0 Å². The first kappa shape index (κ1) is 15.5. The second kappa shape index (κ2) is 6.36. The third-order valence-corrected chi connectivity index (χ3v) is 4.91. The number of likely N-dealkylation sites (tertiary alicyclic amines) is 1. The van der Waals surface area contributed by atoms with E-state index in [2.05, 4.69) is 4.90 Å². The Labute approximate surface area is 131 Å². The first-order chi connectivity index (χ1) is 10.6. The lowest BCUT2D eigenvalue weighted by atomic mass is 9.79. The van der Waals surface area contributed by atoms with Crippen LogP contribution in [0.3, 0.4) is 0 Å². The fourth-order valence-corrected chi connectivity index (χ4v) is 3.58. The van der Waals surface area contributed by atoms with E-state index in [1.807, 2.05) is 35.2 Å². The zero-order valence-corrected chi connectivity index (χ0v) is 13.1. The minimum atomic E-state index is -0.912. The number of carbonyl (C=O) groups is 1. The minimum absolute atomic E-state index is 0.0772. The number of carbonyl (C=O) groups excluding carboxylic acids is 1. The molecule has 1 N–H and O–H groups in total. The van der Waals surface area contributed by atoms with Crippen LogP contribution in [0.2, 0.25) is 0 Å². The summed E-state index contributed by atoms with van der Waals surface area (Å²) in [7, 11) is 0. The molecule has 2 unspecified atom stereocenters. The summed E-state index contributed by atoms with van der Waals surface area (Å²) < 4.78 is 5.43. The topological polar surface area (TPSA) is 53.0 Å². The lowest BCUT2D eigenvalue weighted by Gasteiger charge is -2.50. The van der Waals surface area contributed by atoms with Crippen LogP contribution in [0.25, 0.3) is 0 Å². The van der Waals surface area contributed by atoms with Gasteiger partial charge in [-0.15, -0.1) is 0 Å². The molecule has 2 atom stereocenters. The number of benzene rings is 1. The molecule has 2 aliphatic rings. The zero-order chi connectivity index (χ0) is 15.6. The highest BCUT2D eigenvalue weighted by molar-refractivity contribution is 5.73. The molecular weight excluding hydrogens is 280 g/mol. The van der Waals surface area contributed by atoms with Gasteiger partial charge in [-0.25, -0.2) is 0 Å². The van der Waals surface area contributed by atoms with Gasteiger partial charge >= 0.3 is 0 Å². The average Bonchev–Trinajstić information content (AvgIpc) is 2.56. The van der Waals surface area contributed by atoms with Crippen molar-refractivity contribution in [2.24, 2.45) is 0 Å². The number of hydrogen-bond acceptors (Lipinski definition) is 4. The van der Waals surface area contributed by atoms with Crippen LogP contribution < -0.4 is 0 Å². The quantitative estimate of drug-likeness (QED) is 0.879. The molecule has 0 bridgehead atoms. The van der Waals surface area contributed by atoms with Crippen molar-refractivity contribution in [3.05, 3.63) is 35.9 Å². The number of nitrogens with zero attached hydrogens (tertiary/aromatic N) is 2. The largest absolute Gasteiger partial charge is 0.383 e. The maximum atomic E-state index is 11.8. The Hall–Kier alpha value is -1.43. The number of rotatable bonds is 2. The highest BCUT2D eigenvalue weighted by atomic mass is 16.5. The van der Waals surface area contributed by atoms with E-state index in [1.165, 1.54) is 0 Å². The van der Waals surface area contributed by atoms with Gasteiger partial charge in [-0.1, -0.05) is 30.3 Å². The van der Waals surface area contributed by atoms with Crippen molar-refractivity contribution in [2.75, 3.05) is 39.4 Å². The maximum Gasteiger partial charge on any atom is 0.219 e. The summed E-state index contributed by atoms with van der Waals surface area (Å²) in [5, 5.41) is 11.4. The van der Waals surface area contributed by atoms with Crippen molar-refractivity contribution in [3.63, 3.8) is 0 Å². The molecule has 5 nitrogen and oxygen atoms in total. The Bertz CT molecular complexity index is 516. The molecule has 0 radical (unpaired) electrons. The molecule has 2 heterocycles. The van der Waals surface area contributed by atoms with Gasteiger partial charge in [-0.05, 0) is 12.0 Å². The molecule has 0 aliphatic carbocycles. The molecule has 1 aromatic carbocycles. The van der Waals surface area contributed by atoms with Crippen LogP contribution in [0.4, 0.5) is 0 Å². The predicted octanol–water partition coefficient (Wildman–Crippen LogP) is 0.827. The number of piperidine rings is 1. The van der Waals surface area contributed by atoms with Crippen molar-refractivity contribution in [2.45, 2.75) is 25.0 Å². The van der Waals surface area contributed by atoms with E-state index in [0.29, 0.717) is 32.7 Å². The molecule has 0 saturated carbocycles. The second-order valence-electron chi connectivity index (χ2n) is 6.17. The van der Waals surface area contributed by atoms with Crippen LogP contribution in [-0.2, 0) is 15.1 Å². The van der Waals surface area contributed by atoms with Crippen LogP contribution >= 0.6 is 0 Å². The van der Waals surface area contributed by atoms with Gasteiger partial charge in [-0.3, -0.25) is 9.69 Å². The summed E-state index contributed by atoms with van der Waals surface area (Å²) in [4.78, 5) is 15.9. The fourth-order valence-electron chi connectivity index (χ4n) is 3.58. The number of amides is 1. The molecule has 1 aromatic rings. The van der Waals surface area contributed by atoms with Crippen LogP contribution in [0, 0.1) is 0 Å². The summed E-state index contributed by atoms with van der Waals surface area (Å²) in [5.41, 5.74) is 0.0274. The number of morpholine rings is 1. The first-order valence-electron chi connectivity index (χ1n) is 7.96. The molecule has 22 heavy (non-hydrogen) atoms. The van der Waals surface area contributed by atoms with Crippen molar-refractivity contribution in [1.29, 1.82) is 0 Å². The summed E-state index contributed by atoms with van der Waals surface area (Å²) >= 11 is 0. The molecule has 5 heteroatoms. The Morgan fingerprint density at radius 3 is 2.55 bits per heavy atom. The van der Waals surface area contributed by atoms with Gasteiger partial charge in [0.25, 0.3) is 0 Å². The predicted molar refractivity (Wildman–Crippen MR) is 83.4 cm³/mol. The molecule has 2 aliphatic heterocycles. The van der Waals surface area contributed by atoms with E-state index in [-0.39, 0.29) is 11.9 Å². The first-order valence-corrected chi connectivity index (χ1v) is 7.96. The van der Waals surface area contributed by atoms with Gasteiger partial charge in [0.1, 0.15) is 5.60 Å². The van der Waals surface area contributed by atoms with Gasteiger partial charge in [0.2, 0.25) is 5.91 Å². The smallest absolute Gasteiger partial charge is 0.219 e. The molecular formula is C17H24N2O3. The van der Waals surface area contributed by atoms with E-state index in [1.54, 1.807) is 6.92 Å². The third-order valence-electron chi connectivity index (χ3n) is 4.91. The standard InChI is InChI=1S/C17H24N2O3/c1-14(20)19-8-7-17(21,15-5-3-2-4-6-15)16(13-19)18-9-11-22-12-10-18/h2-6,16,21H,7-13H2,1H3. The molecule has 2 fully saturated rings. The second-order valence-corrected chi connectivity index (χ2v) is 6.17. The van der Waals surface area contributed by atoms with Gasteiger partial charge in [0, 0.05) is 33.1 Å². The molecule has 2 saturated heterocycles. The minimum Gasteiger partial charge on any atom is -0.383 e. The number of hydrogen-bond donors (Lipinski definition) is 1. The maximum absolute atomic E-state index is 11.8. The zero-order valence-electron chi connectivity index (χ0n) is 13.1. The number of ether oxygens (including phenoxy) is 1. The molecule has 1 amide bonds. The van der Waals surface area contributed by atoms with E-state index in [4.69, 9.17) is 4.74 Å². The van der Waals surface area contributed by atoms with Crippen molar-refractivity contribution in [1.82, 2.24) is 9.80 Å². The molecule has 120 valence electrons. The van der Waals surface area contributed by atoms with Crippen LogP contribution in [-0.4, -0.2) is 66.2 Å². The monoisotopic (exact) mass is 304 g/mol. The van der Waals surface area contributed by atoms with E-state index in [9.17, 15) is 9.90 Å². The Kier molecular flexibility index (Phi) is 4.47. The lowest BCUT2D eigenvalue weighted by molar-refractivity contribution is -0.145. The summed E-state index contributed by atoms with van der Waals surface area (Å²) in [6, 6.07) is 9.76. The fraction of sp³-hybridized carbons (Fsp3) is 0.588. The Morgan fingerprint density at radius 1 is 1.23 bits per heavy atom. The van der Waals surface area contributed by atoms with Crippen molar-refractivity contribution < 1.29 is 14.6 Å². The van der Waals surface area contributed by atoms with Crippen molar-refractivity contribution >= 4 is 5.91 Å². The van der Waals surface area contributed by atoms with Crippen molar-refractivity contribution in [3.8, 4) is 0 Å². The van der Waals surface area contributed by atoms with Crippen LogP contribution in [0.1, 0.15) is 18.9 Å². The number of aliphatic hydroxyl groups is 1. The Balaban J connectivity index is 1.90. The summed E-state index contributed by atoms with van der Waals surface area (Å²) in [5.74, 6) is 0.0772. The van der Waals surface area contributed by atoms with Crippen LogP contribution in [0.5, 0.6) is 0 Å². The highest BCUT2D eigenvalue weighted by Gasteiger charge is 2.46. The normalized spacial score (nSPS) is 30.3. The van der Waals surface area contributed by atoms with E-state index < -0.39 is 5.60 Å². The van der Waals surface area contributed by atoms with Gasteiger partial charge in [-0.2, -0.15) is 0 Å². The Morgan fingerprint density at radius 2 is 1.91 bits per heavy atom. The van der Waals surface area contributed by atoms with Gasteiger partial charge in [0.15, 0.2) is 0 Å². The van der Waals surface area contributed by atoms with Gasteiger partial charge in [0.05, 0.1) is 19.3 Å². The lowest BCUT2D eigenvalue weighted by Crippen LogP contribution is -2.63. The summed E-state index contributed by atoms with van der Waals surface area (Å²) in [6.07, 6.45) is 0.568. The van der Waals surface area contributed by atoms with E-state index in [0.717, 1.165) is 18.7 Å². The summed E-state index contributed by atoms with van der Waals surface area (Å²) in [6.45, 7) is 5.73. The average molecular weight is 304 g/mol. The SMILES string of the molecule is CC(=O)N1CCC(O)(c2ccccc2)C(N2CCOCC2)C1. The third kappa shape index (κ3) is 2.89.